The number of thioether (sulfide) groups is 1. The lowest BCUT2D eigenvalue weighted by Gasteiger charge is -1.98. The molecule has 3 nitrogen and oxygen atoms in total. The molecule has 0 bridgehead atoms. The van der Waals surface area contributed by atoms with E-state index in [4.69, 9.17) is 5.26 Å². The van der Waals surface area contributed by atoms with E-state index >= 15 is 0 Å². The summed E-state index contributed by atoms with van der Waals surface area (Å²) in [5.74, 6) is 0.827. The summed E-state index contributed by atoms with van der Waals surface area (Å²) in [6, 6.07) is 15.7. The molecule has 0 radical (unpaired) electrons. The lowest BCUT2D eigenvalue weighted by Crippen LogP contribution is -1.80. The van der Waals surface area contributed by atoms with E-state index in [0.29, 0.717) is 5.56 Å². The Bertz CT molecular complexity index is 705. The van der Waals surface area contributed by atoms with E-state index < -0.39 is 0 Å². The lowest BCUT2D eigenvalue weighted by atomic mass is 10.2. The third kappa shape index (κ3) is 2.61. The van der Waals surface area contributed by atoms with E-state index in [1.54, 1.807) is 11.8 Å². The van der Waals surface area contributed by atoms with Crippen LogP contribution in [0.3, 0.4) is 0 Å². The topological polar surface area (TPSA) is 41.1 Å². The standard InChI is InChI=1S/C15H11N3S/c16-9-12-4-6-14(7-5-12)19-11-13-10-18-8-2-1-3-15(18)17-13/h1-8,10H,11H2. The Morgan fingerprint density at radius 3 is 2.74 bits per heavy atom. The van der Waals surface area contributed by atoms with Gasteiger partial charge in [0, 0.05) is 23.0 Å². The first kappa shape index (κ1) is 11.8. The highest BCUT2D eigenvalue weighted by molar-refractivity contribution is 7.98. The number of aromatic nitrogens is 2. The summed E-state index contributed by atoms with van der Waals surface area (Å²) in [7, 11) is 0. The third-order valence-corrected chi connectivity index (χ3v) is 3.83. The fraction of sp³-hybridized carbons (Fsp3) is 0.0667. The van der Waals surface area contributed by atoms with E-state index in [1.807, 2.05) is 59.3 Å². The number of fused-ring (bicyclic) bond motifs is 1. The van der Waals surface area contributed by atoms with Crippen LogP contribution >= 0.6 is 11.8 Å². The van der Waals surface area contributed by atoms with Gasteiger partial charge in [0.1, 0.15) is 5.65 Å². The summed E-state index contributed by atoms with van der Waals surface area (Å²) in [5, 5.41) is 8.75. The van der Waals surface area contributed by atoms with Gasteiger partial charge in [0.05, 0.1) is 17.3 Å². The number of hydrogen-bond acceptors (Lipinski definition) is 3. The molecule has 3 aromatic rings. The largest absolute Gasteiger partial charge is 0.307 e. The van der Waals surface area contributed by atoms with E-state index in [2.05, 4.69) is 11.1 Å². The molecule has 2 heterocycles. The van der Waals surface area contributed by atoms with Crippen molar-refractivity contribution in [2.24, 2.45) is 0 Å². The molecule has 2 aromatic heterocycles. The van der Waals surface area contributed by atoms with Crippen LogP contribution in [0, 0.1) is 11.3 Å². The van der Waals surface area contributed by atoms with Crippen molar-refractivity contribution in [3.63, 3.8) is 0 Å². The quantitative estimate of drug-likeness (QED) is 0.681. The maximum atomic E-state index is 8.75. The summed E-state index contributed by atoms with van der Waals surface area (Å²) in [6.07, 6.45) is 4.05. The SMILES string of the molecule is N#Cc1ccc(SCc2cn3ccccc3n2)cc1. The molecule has 0 atom stereocenters. The predicted molar refractivity (Wildman–Crippen MR) is 75.9 cm³/mol. The number of nitriles is 1. The zero-order valence-corrected chi connectivity index (χ0v) is 11.0. The molecule has 0 aliphatic rings. The molecule has 0 spiro atoms. The smallest absolute Gasteiger partial charge is 0.137 e. The second-order valence-corrected chi connectivity index (χ2v) is 5.17. The molecule has 3 rings (SSSR count). The van der Waals surface area contributed by atoms with Crippen molar-refractivity contribution in [1.29, 1.82) is 5.26 Å². The van der Waals surface area contributed by atoms with E-state index in [1.165, 1.54) is 0 Å². The second-order valence-electron chi connectivity index (χ2n) is 4.12. The molecule has 0 N–H and O–H groups in total. The monoisotopic (exact) mass is 265 g/mol. The molecule has 1 aromatic carbocycles. The van der Waals surface area contributed by atoms with Gasteiger partial charge in [-0.2, -0.15) is 5.26 Å². The number of rotatable bonds is 3. The van der Waals surface area contributed by atoms with Crippen molar-refractivity contribution in [2.75, 3.05) is 0 Å². The average Bonchev–Trinajstić information content (AvgIpc) is 2.88. The molecule has 19 heavy (non-hydrogen) atoms. The minimum atomic E-state index is 0.692. The Morgan fingerprint density at radius 1 is 1.16 bits per heavy atom. The van der Waals surface area contributed by atoms with Crippen LogP contribution in [0.4, 0.5) is 0 Å². The van der Waals surface area contributed by atoms with Gasteiger partial charge < -0.3 is 4.40 Å². The lowest BCUT2D eigenvalue weighted by molar-refractivity contribution is 1.18. The van der Waals surface area contributed by atoms with Crippen molar-refractivity contribution >= 4 is 17.4 Å². The Hall–Kier alpha value is -2.25. The molecule has 0 unspecified atom stereocenters. The van der Waals surface area contributed by atoms with Crippen LogP contribution in [0.2, 0.25) is 0 Å². The number of pyridine rings is 1. The Balaban J connectivity index is 1.73. The molecular formula is C15H11N3S. The molecule has 4 heteroatoms. The third-order valence-electron chi connectivity index (χ3n) is 2.78. The first-order valence-electron chi connectivity index (χ1n) is 5.91. The first-order valence-corrected chi connectivity index (χ1v) is 6.89. The maximum absolute atomic E-state index is 8.75. The predicted octanol–water partition coefficient (Wildman–Crippen LogP) is 3.50. The number of benzene rings is 1. The normalized spacial score (nSPS) is 10.5. The van der Waals surface area contributed by atoms with Crippen LogP contribution < -0.4 is 0 Å². The van der Waals surface area contributed by atoms with Gasteiger partial charge in [0.25, 0.3) is 0 Å². The van der Waals surface area contributed by atoms with Crippen molar-refractivity contribution in [1.82, 2.24) is 9.38 Å². The number of nitrogens with zero attached hydrogens (tertiary/aromatic N) is 3. The van der Waals surface area contributed by atoms with Gasteiger partial charge in [-0.15, -0.1) is 11.8 Å². The van der Waals surface area contributed by atoms with Crippen LogP contribution in [0.5, 0.6) is 0 Å². The number of imidazole rings is 1. The minimum absolute atomic E-state index is 0.692. The van der Waals surface area contributed by atoms with Gasteiger partial charge in [0.2, 0.25) is 0 Å². The van der Waals surface area contributed by atoms with Gasteiger partial charge in [-0.05, 0) is 36.4 Å². The molecule has 92 valence electrons. The van der Waals surface area contributed by atoms with Crippen molar-refractivity contribution < 1.29 is 0 Å². The van der Waals surface area contributed by atoms with E-state index in [-0.39, 0.29) is 0 Å². The summed E-state index contributed by atoms with van der Waals surface area (Å²) >= 11 is 1.72. The summed E-state index contributed by atoms with van der Waals surface area (Å²) in [5.41, 5.74) is 2.72. The maximum Gasteiger partial charge on any atom is 0.137 e. The molecular weight excluding hydrogens is 254 g/mol. The molecule has 0 saturated carbocycles. The van der Waals surface area contributed by atoms with Crippen molar-refractivity contribution in [3.05, 3.63) is 66.1 Å². The molecule has 0 fully saturated rings. The number of hydrogen-bond donors (Lipinski definition) is 0. The Kier molecular flexibility index (Phi) is 3.21. The summed E-state index contributed by atoms with van der Waals surface area (Å²) < 4.78 is 2.02. The first-order chi connectivity index (χ1) is 9.35. The fourth-order valence-electron chi connectivity index (χ4n) is 1.84. The summed E-state index contributed by atoms with van der Waals surface area (Å²) in [6.45, 7) is 0. The van der Waals surface area contributed by atoms with Crippen LogP contribution in [-0.4, -0.2) is 9.38 Å². The molecule has 0 aliphatic heterocycles. The van der Waals surface area contributed by atoms with Gasteiger partial charge in [-0.1, -0.05) is 6.07 Å². The average molecular weight is 265 g/mol. The van der Waals surface area contributed by atoms with Crippen molar-refractivity contribution in [3.8, 4) is 6.07 Å². The van der Waals surface area contributed by atoms with Gasteiger partial charge in [-0.3, -0.25) is 0 Å². The summed E-state index contributed by atoms with van der Waals surface area (Å²) in [4.78, 5) is 5.70. The minimum Gasteiger partial charge on any atom is -0.307 e. The van der Waals surface area contributed by atoms with Crippen LogP contribution in [0.25, 0.3) is 5.65 Å². The van der Waals surface area contributed by atoms with Crippen LogP contribution in [0.15, 0.2) is 59.8 Å². The highest BCUT2D eigenvalue weighted by atomic mass is 32.2. The van der Waals surface area contributed by atoms with Gasteiger partial charge in [-0.25, -0.2) is 4.98 Å². The van der Waals surface area contributed by atoms with E-state index in [9.17, 15) is 0 Å². The highest BCUT2D eigenvalue weighted by Gasteiger charge is 2.02. The molecule has 0 amide bonds. The molecule has 0 aliphatic carbocycles. The zero-order chi connectivity index (χ0) is 13.1. The van der Waals surface area contributed by atoms with Crippen molar-refractivity contribution in [2.45, 2.75) is 10.6 Å². The fourth-order valence-corrected chi connectivity index (χ4v) is 2.62. The Morgan fingerprint density at radius 2 is 2.00 bits per heavy atom. The van der Waals surface area contributed by atoms with Crippen LogP contribution in [0.1, 0.15) is 11.3 Å². The zero-order valence-electron chi connectivity index (χ0n) is 10.2. The van der Waals surface area contributed by atoms with Gasteiger partial charge >= 0.3 is 0 Å². The van der Waals surface area contributed by atoms with Gasteiger partial charge in [0.15, 0.2) is 0 Å². The van der Waals surface area contributed by atoms with E-state index in [0.717, 1.165) is 22.0 Å². The second kappa shape index (κ2) is 5.17. The molecule has 0 saturated heterocycles. The van der Waals surface area contributed by atoms with Crippen LogP contribution in [-0.2, 0) is 5.75 Å². The highest BCUT2D eigenvalue weighted by Crippen LogP contribution is 2.22. The Labute approximate surface area is 115 Å².